The Morgan fingerprint density at radius 1 is 1.38 bits per heavy atom. The van der Waals surface area contributed by atoms with Gasteiger partial charge in [-0.15, -0.1) is 0 Å². The van der Waals surface area contributed by atoms with E-state index in [0.717, 1.165) is 0 Å². The zero-order chi connectivity index (χ0) is 10.0. The van der Waals surface area contributed by atoms with Gasteiger partial charge in [0.05, 0.1) is 5.56 Å². The maximum Gasteiger partial charge on any atom is 0.222 e. The number of nitrogen functional groups attached to an aromatic ring is 1. The number of carbonyl (C=O) groups excluding carboxylic acids is 1. The average molecular weight is 220 g/mol. The molecule has 0 unspecified atom stereocenters. The first kappa shape index (κ1) is 10.2. The summed E-state index contributed by atoms with van der Waals surface area (Å²) in [5, 5.41) is 0.00806. The molecular formula is C7H7Cl2N3O. The fraction of sp³-hybridized carbons (Fsp3) is 0.286. The molecule has 2 N–H and O–H groups in total. The predicted octanol–water partition coefficient (Wildman–Crippen LogP) is 1.96. The van der Waals surface area contributed by atoms with Crippen LogP contribution in [0.15, 0.2) is 0 Å². The summed E-state index contributed by atoms with van der Waals surface area (Å²) in [5.74, 6) is -0.238. The molecule has 0 fully saturated rings. The van der Waals surface area contributed by atoms with Gasteiger partial charge in [0.1, 0.15) is 10.3 Å². The molecule has 0 aromatic carbocycles. The first-order valence-electron chi connectivity index (χ1n) is 3.58. The highest BCUT2D eigenvalue weighted by Gasteiger charge is 2.16. The number of halogens is 2. The summed E-state index contributed by atoms with van der Waals surface area (Å²) in [4.78, 5) is 18.5. The van der Waals surface area contributed by atoms with Crippen LogP contribution in [0.3, 0.4) is 0 Å². The van der Waals surface area contributed by atoms with Gasteiger partial charge in [-0.2, -0.15) is 0 Å². The van der Waals surface area contributed by atoms with Gasteiger partial charge in [0.25, 0.3) is 0 Å². The third-order valence-corrected chi connectivity index (χ3v) is 1.98. The second kappa shape index (κ2) is 3.89. The molecule has 1 aromatic rings. The molecule has 0 atom stereocenters. The van der Waals surface area contributed by atoms with Crippen LogP contribution < -0.4 is 5.73 Å². The van der Waals surface area contributed by atoms with Crippen molar-refractivity contribution in [1.82, 2.24) is 9.97 Å². The fourth-order valence-electron chi connectivity index (χ4n) is 0.830. The molecule has 0 saturated carbocycles. The molecule has 1 rings (SSSR count). The summed E-state index contributed by atoms with van der Waals surface area (Å²) in [6, 6.07) is 0. The van der Waals surface area contributed by atoms with Crippen molar-refractivity contribution in [2.45, 2.75) is 13.3 Å². The van der Waals surface area contributed by atoms with Gasteiger partial charge >= 0.3 is 0 Å². The monoisotopic (exact) mass is 219 g/mol. The molecular weight excluding hydrogens is 213 g/mol. The van der Waals surface area contributed by atoms with Gasteiger partial charge < -0.3 is 5.73 Å². The predicted molar refractivity (Wildman–Crippen MR) is 51.1 cm³/mol. The molecule has 13 heavy (non-hydrogen) atoms. The summed E-state index contributed by atoms with van der Waals surface area (Å²) in [7, 11) is 0. The Bertz CT molecular complexity index is 331. The molecule has 70 valence electrons. The summed E-state index contributed by atoms with van der Waals surface area (Å²) in [6.45, 7) is 1.70. The second-order valence-electron chi connectivity index (χ2n) is 2.32. The molecule has 1 heterocycles. The average Bonchev–Trinajstić information content (AvgIpc) is 2.02. The lowest BCUT2D eigenvalue weighted by atomic mass is 10.2. The lowest BCUT2D eigenvalue weighted by Gasteiger charge is -2.03. The van der Waals surface area contributed by atoms with Crippen LogP contribution in [0.1, 0.15) is 23.7 Å². The lowest BCUT2D eigenvalue weighted by Crippen LogP contribution is -2.05. The van der Waals surface area contributed by atoms with Crippen molar-refractivity contribution in [3.8, 4) is 0 Å². The van der Waals surface area contributed by atoms with E-state index in [9.17, 15) is 4.79 Å². The van der Waals surface area contributed by atoms with Crippen molar-refractivity contribution in [1.29, 1.82) is 0 Å². The topological polar surface area (TPSA) is 68.9 Å². The van der Waals surface area contributed by atoms with Gasteiger partial charge in [0.2, 0.25) is 5.95 Å². The van der Waals surface area contributed by atoms with Gasteiger partial charge in [0, 0.05) is 6.42 Å². The van der Waals surface area contributed by atoms with Crippen molar-refractivity contribution >= 4 is 34.9 Å². The Morgan fingerprint density at radius 3 is 2.23 bits per heavy atom. The highest BCUT2D eigenvalue weighted by molar-refractivity contribution is 6.38. The van der Waals surface area contributed by atoms with Crippen LogP contribution in [0.4, 0.5) is 5.95 Å². The summed E-state index contributed by atoms with van der Waals surface area (Å²) >= 11 is 11.3. The van der Waals surface area contributed by atoms with Crippen molar-refractivity contribution in [3.05, 3.63) is 15.9 Å². The highest BCUT2D eigenvalue weighted by Crippen LogP contribution is 2.23. The Morgan fingerprint density at radius 2 is 1.85 bits per heavy atom. The Labute approximate surface area is 85.1 Å². The number of aromatic nitrogens is 2. The number of Topliss-reactive ketones (excluding diaryl/α,β-unsaturated/α-hetero) is 1. The van der Waals surface area contributed by atoms with Crippen LogP contribution in [0.2, 0.25) is 10.3 Å². The summed E-state index contributed by atoms with van der Waals surface area (Å²) in [5.41, 5.74) is 5.41. The zero-order valence-electron chi connectivity index (χ0n) is 6.84. The van der Waals surface area contributed by atoms with Gasteiger partial charge in [-0.25, -0.2) is 9.97 Å². The number of ketones is 1. The van der Waals surface area contributed by atoms with Crippen LogP contribution in [-0.2, 0) is 0 Å². The van der Waals surface area contributed by atoms with E-state index >= 15 is 0 Å². The molecule has 0 amide bonds. The number of hydrogen-bond donors (Lipinski definition) is 1. The van der Waals surface area contributed by atoms with Crippen LogP contribution in [0.5, 0.6) is 0 Å². The number of nitrogens with two attached hydrogens (primary N) is 1. The van der Waals surface area contributed by atoms with Gasteiger partial charge in [0.15, 0.2) is 5.78 Å². The third kappa shape index (κ3) is 2.08. The van der Waals surface area contributed by atoms with E-state index in [1.54, 1.807) is 6.92 Å². The molecule has 0 bridgehead atoms. The normalized spacial score (nSPS) is 10.1. The minimum Gasteiger partial charge on any atom is -0.368 e. The molecule has 4 nitrogen and oxygen atoms in total. The number of anilines is 1. The van der Waals surface area contributed by atoms with Crippen LogP contribution in [0, 0.1) is 0 Å². The van der Waals surface area contributed by atoms with E-state index in [1.165, 1.54) is 0 Å². The van der Waals surface area contributed by atoms with Crippen molar-refractivity contribution in [3.63, 3.8) is 0 Å². The fourth-order valence-corrected chi connectivity index (χ4v) is 1.44. The first-order valence-corrected chi connectivity index (χ1v) is 4.33. The molecule has 0 aliphatic heterocycles. The van der Waals surface area contributed by atoms with Crippen LogP contribution >= 0.6 is 23.2 Å². The van der Waals surface area contributed by atoms with Gasteiger partial charge in [-0.3, -0.25) is 4.79 Å². The molecule has 0 saturated heterocycles. The van der Waals surface area contributed by atoms with Crippen LogP contribution in [-0.4, -0.2) is 15.8 Å². The SMILES string of the molecule is CCC(=O)c1c(Cl)nc(N)nc1Cl. The summed E-state index contributed by atoms with van der Waals surface area (Å²) in [6.07, 6.45) is 0.298. The minimum absolute atomic E-state index is 0.00403. The standard InChI is InChI=1S/C7H7Cl2N3O/c1-2-3(13)4-5(8)11-7(10)12-6(4)9/h2H2,1H3,(H2,10,11,12). The van der Waals surface area contributed by atoms with E-state index in [1.807, 2.05) is 0 Å². The zero-order valence-corrected chi connectivity index (χ0v) is 8.35. The van der Waals surface area contributed by atoms with Crippen molar-refractivity contribution < 1.29 is 4.79 Å². The Kier molecular flexibility index (Phi) is 3.06. The molecule has 0 spiro atoms. The molecule has 6 heteroatoms. The van der Waals surface area contributed by atoms with E-state index in [4.69, 9.17) is 28.9 Å². The second-order valence-corrected chi connectivity index (χ2v) is 3.03. The maximum absolute atomic E-state index is 11.3. The van der Waals surface area contributed by atoms with E-state index in [2.05, 4.69) is 9.97 Å². The molecule has 0 aliphatic rings. The molecule has 0 radical (unpaired) electrons. The molecule has 0 aliphatic carbocycles. The number of hydrogen-bond acceptors (Lipinski definition) is 4. The highest BCUT2D eigenvalue weighted by atomic mass is 35.5. The quantitative estimate of drug-likeness (QED) is 0.610. The Hall–Kier alpha value is -0.870. The van der Waals surface area contributed by atoms with Gasteiger partial charge in [-0.1, -0.05) is 30.1 Å². The largest absolute Gasteiger partial charge is 0.368 e. The van der Waals surface area contributed by atoms with E-state index in [-0.39, 0.29) is 27.6 Å². The van der Waals surface area contributed by atoms with Crippen molar-refractivity contribution in [2.75, 3.05) is 5.73 Å². The summed E-state index contributed by atoms with van der Waals surface area (Å²) < 4.78 is 0. The van der Waals surface area contributed by atoms with E-state index in [0.29, 0.717) is 6.42 Å². The Balaban J connectivity index is 3.28. The van der Waals surface area contributed by atoms with Gasteiger partial charge in [-0.05, 0) is 0 Å². The maximum atomic E-state index is 11.3. The van der Waals surface area contributed by atoms with Crippen molar-refractivity contribution in [2.24, 2.45) is 0 Å². The molecule has 1 aromatic heterocycles. The lowest BCUT2D eigenvalue weighted by molar-refractivity contribution is 0.0988. The van der Waals surface area contributed by atoms with E-state index < -0.39 is 0 Å². The number of rotatable bonds is 2. The van der Waals surface area contributed by atoms with Crippen LogP contribution in [0.25, 0.3) is 0 Å². The minimum atomic E-state index is -0.199. The number of nitrogens with zero attached hydrogens (tertiary/aromatic N) is 2. The smallest absolute Gasteiger partial charge is 0.222 e. The number of carbonyl (C=O) groups is 1. The first-order chi connectivity index (χ1) is 6.06. The third-order valence-electron chi connectivity index (χ3n) is 1.44.